The van der Waals surface area contributed by atoms with Gasteiger partial charge in [0.05, 0.1) is 25.2 Å². The fourth-order valence-electron chi connectivity index (χ4n) is 1.43. The number of amides is 1. The summed E-state index contributed by atoms with van der Waals surface area (Å²) in [5.41, 5.74) is -0.0120. The first-order chi connectivity index (χ1) is 8.74. The number of aliphatic hydroxyl groups is 1. The summed E-state index contributed by atoms with van der Waals surface area (Å²) in [6.07, 6.45) is 1.08. The van der Waals surface area contributed by atoms with E-state index >= 15 is 0 Å². The van der Waals surface area contributed by atoms with Crippen molar-refractivity contribution < 1.29 is 14.6 Å². The maximum Gasteiger partial charge on any atom is 0.410 e. The molecule has 0 aliphatic carbocycles. The van der Waals surface area contributed by atoms with Crippen molar-refractivity contribution in [2.45, 2.75) is 32.9 Å². The van der Waals surface area contributed by atoms with Crippen LogP contribution in [-0.4, -0.2) is 44.4 Å². The van der Waals surface area contributed by atoms with Gasteiger partial charge < -0.3 is 14.4 Å². The van der Waals surface area contributed by atoms with Crippen LogP contribution in [0.2, 0.25) is 5.15 Å². The van der Waals surface area contributed by atoms with Gasteiger partial charge in [-0.1, -0.05) is 11.6 Å². The van der Waals surface area contributed by atoms with E-state index in [2.05, 4.69) is 4.98 Å². The van der Waals surface area contributed by atoms with Crippen LogP contribution in [0.1, 0.15) is 26.5 Å². The van der Waals surface area contributed by atoms with E-state index in [1.807, 2.05) is 0 Å². The molecule has 0 spiro atoms. The van der Waals surface area contributed by atoms with Gasteiger partial charge in [0.1, 0.15) is 10.8 Å². The summed E-state index contributed by atoms with van der Waals surface area (Å²) in [4.78, 5) is 17.5. The molecule has 0 aliphatic rings. The normalized spacial score (nSPS) is 11.5. The third kappa shape index (κ3) is 4.72. The van der Waals surface area contributed by atoms with E-state index in [9.17, 15) is 4.79 Å². The molecule has 1 heterocycles. The second-order valence-corrected chi connectivity index (χ2v) is 5.58. The molecule has 1 aromatic heterocycles. The summed E-state index contributed by atoms with van der Waals surface area (Å²) in [7, 11) is 1.77. The summed E-state index contributed by atoms with van der Waals surface area (Å²) in [6, 6.07) is 0. The Bertz CT molecular complexity index is 440. The predicted molar refractivity (Wildman–Crippen MR) is 71.9 cm³/mol. The summed E-state index contributed by atoms with van der Waals surface area (Å²) >= 11 is 6.05. The number of hydrogen-bond acceptors (Lipinski definition) is 4. The molecule has 1 aromatic rings. The minimum atomic E-state index is -0.585. The SMILES string of the molecule is Cn1cnc(CN(CCO)C(=O)OC(C)(C)C)c1Cl. The van der Waals surface area contributed by atoms with Crippen molar-refractivity contribution in [1.29, 1.82) is 0 Å². The highest BCUT2D eigenvalue weighted by Gasteiger charge is 2.23. The van der Waals surface area contributed by atoms with E-state index in [1.165, 1.54) is 4.90 Å². The largest absolute Gasteiger partial charge is 0.444 e. The number of rotatable bonds is 4. The number of aryl methyl sites for hydroxylation is 1. The summed E-state index contributed by atoms with van der Waals surface area (Å²) in [5.74, 6) is 0. The number of carbonyl (C=O) groups is 1. The molecule has 0 aliphatic heterocycles. The van der Waals surface area contributed by atoms with Gasteiger partial charge in [0.25, 0.3) is 0 Å². The van der Waals surface area contributed by atoms with Gasteiger partial charge in [0.15, 0.2) is 0 Å². The van der Waals surface area contributed by atoms with E-state index in [-0.39, 0.29) is 19.7 Å². The van der Waals surface area contributed by atoms with Crippen LogP contribution >= 0.6 is 11.6 Å². The maximum absolute atomic E-state index is 12.0. The summed E-state index contributed by atoms with van der Waals surface area (Å²) in [6.45, 7) is 5.59. The molecule has 0 unspecified atom stereocenters. The number of ether oxygens (including phenoxy) is 1. The first-order valence-corrected chi connectivity index (χ1v) is 6.37. The minimum Gasteiger partial charge on any atom is -0.444 e. The lowest BCUT2D eigenvalue weighted by Gasteiger charge is -2.26. The zero-order chi connectivity index (χ0) is 14.6. The molecule has 0 bridgehead atoms. The first kappa shape index (κ1) is 15.8. The van der Waals surface area contributed by atoms with Crippen LogP contribution in [0.3, 0.4) is 0 Å². The van der Waals surface area contributed by atoms with Crippen molar-refractivity contribution >= 4 is 17.7 Å². The van der Waals surface area contributed by atoms with Gasteiger partial charge in [-0.05, 0) is 20.8 Å². The lowest BCUT2D eigenvalue weighted by molar-refractivity contribution is 0.0199. The molecule has 19 heavy (non-hydrogen) atoms. The van der Waals surface area contributed by atoms with Crippen LogP contribution in [0.4, 0.5) is 4.79 Å². The molecule has 0 saturated carbocycles. The van der Waals surface area contributed by atoms with Crippen molar-refractivity contribution in [3.05, 3.63) is 17.2 Å². The molecule has 0 radical (unpaired) electrons. The van der Waals surface area contributed by atoms with Crippen LogP contribution in [0.15, 0.2) is 6.33 Å². The molecule has 1 N–H and O–H groups in total. The average molecular weight is 290 g/mol. The van der Waals surface area contributed by atoms with E-state index in [0.717, 1.165) is 0 Å². The molecule has 1 amide bonds. The van der Waals surface area contributed by atoms with Crippen molar-refractivity contribution in [2.24, 2.45) is 7.05 Å². The van der Waals surface area contributed by atoms with Gasteiger partial charge >= 0.3 is 6.09 Å². The third-order valence-electron chi connectivity index (χ3n) is 2.30. The highest BCUT2D eigenvalue weighted by Crippen LogP contribution is 2.17. The highest BCUT2D eigenvalue weighted by molar-refractivity contribution is 6.30. The lowest BCUT2D eigenvalue weighted by atomic mass is 10.2. The Balaban J connectivity index is 2.78. The molecule has 0 fully saturated rings. The number of aromatic nitrogens is 2. The topological polar surface area (TPSA) is 67.6 Å². The summed E-state index contributed by atoms with van der Waals surface area (Å²) < 4.78 is 6.93. The molecule has 6 nitrogen and oxygen atoms in total. The predicted octanol–water partition coefficient (Wildman–Crippen LogP) is 1.80. The lowest BCUT2D eigenvalue weighted by Crippen LogP contribution is -2.38. The average Bonchev–Trinajstić information content (AvgIpc) is 2.58. The van der Waals surface area contributed by atoms with E-state index in [0.29, 0.717) is 10.8 Å². The van der Waals surface area contributed by atoms with Crippen molar-refractivity contribution in [2.75, 3.05) is 13.2 Å². The molecule has 0 saturated heterocycles. The molecule has 108 valence electrons. The first-order valence-electron chi connectivity index (χ1n) is 5.99. The molecule has 0 aromatic carbocycles. The van der Waals surface area contributed by atoms with Crippen LogP contribution in [0, 0.1) is 0 Å². The Morgan fingerprint density at radius 1 is 1.58 bits per heavy atom. The van der Waals surface area contributed by atoms with Crippen LogP contribution in [-0.2, 0) is 18.3 Å². The van der Waals surface area contributed by atoms with Crippen LogP contribution in [0.5, 0.6) is 0 Å². The number of halogens is 1. The van der Waals surface area contributed by atoms with E-state index in [4.69, 9.17) is 21.4 Å². The second-order valence-electron chi connectivity index (χ2n) is 5.22. The Morgan fingerprint density at radius 3 is 2.63 bits per heavy atom. The van der Waals surface area contributed by atoms with Gasteiger partial charge in [-0.15, -0.1) is 0 Å². The Kier molecular flexibility index (Phi) is 5.20. The van der Waals surface area contributed by atoms with Gasteiger partial charge in [-0.3, -0.25) is 4.90 Å². The maximum atomic E-state index is 12.0. The fraction of sp³-hybridized carbons (Fsp3) is 0.667. The summed E-state index contributed by atoms with van der Waals surface area (Å²) in [5, 5.41) is 9.49. The molecule has 1 rings (SSSR count). The zero-order valence-electron chi connectivity index (χ0n) is 11.7. The molecule has 7 heteroatoms. The quantitative estimate of drug-likeness (QED) is 0.918. The number of imidazole rings is 1. The third-order valence-corrected chi connectivity index (χ3v) is 2.78. The Labute approximate surface area is 117 Å². The van der Waals surface area contributed by atoms with Gasteiger partial charge in [-0.2, -0.15) is 0 Å². The highest BCUT2D eigenvalue weighted by atomic mass is 35.5. The van der Waals surface area contributed by atoms with Gasteiger partial charge in [-0.25, -0.2) is 9.78 Å². The zero-order valence-corrected chi connectivity index (χ0v) is 12.4. The molecular formula is C12H20ClN3O3. The minimum absolute atomic E-state index is 0.149. The fourth-order valence-corrected chi connectivity index (χ4v) is 1.58. The number of aliphatic hydroxyl groups excluding tert-OH is 1. The van der Waals surface area contributed by atoms with E-state index < -0.39 is 11.7 Å². The van der Waals surface area contributed by atoms with E-state index in [1.54, 1.807) is 38.7 Å². The smallest absolute Gasteiger partial charge is 0.410 e. The standard InChI is InChI=1S/C12H20ClN3O3/c1-12(2,3)19-11(18)16(5-6-17)7-9-10(13)15(4)8-14-9/h8,17H,5-7H2,1-4H3. The van der Waals surface area contributed by atoms with Crippen LogP contribution < -0.4 is 0 Å². The van der Waals surface area contributed by atoms with Gasteiger partial charge in [0, 0.05) is 13.6 Å². The Hall–Kier alpha value is -1.27. The monoisotopic (exact) mass is 289 g/mol. The number of hydrogen-bond donors (Lipinski definition) is 1. The van der Waals surface area contributed by atoms with Crippen LogP contribution in [0.25, 0.3) is 0 Å². The molecule has 0 atom stereocenters. The number of nitrogens with zero attached hydrogens (tertiary/aromatic N) is 3. The number of carbonyl (C=O) groups excluding carboxylic acids is 1. The van der Waals surface area contributed by atoms with Gasteiger partial charge in [0.2, 0.25) is 0 Å². The molecular weight excluding hydrogens is 270 g/mol. The van der Waals surface area contributed by atoms with Crippen molar-refractivity contribution in [1.82, 2.24) is 14.5 Å². The second kappa shape index (κ2) is 6.25. The van der Waals surface area contributed by atoms with Crippen molar-refractivity contribution in [3.63, 3.8) is 0 Å². The Morgan fingerprint density at radius 2 is 2.21 bits per heavy atom. The van der Waals surface area contributed by atoms with Crippen molar-refractivity contribution in [3.8, 4) is 0 Å².